The third-order valence-corrected chi connectivity index (χ3v) is 48.8. The van der Waals surface area contributed by atoms with Crippen molar-refractivity contribution >= 4 is 123 Å². The Morgan fingerprint density at radius 2 is 0.370 bits per heavy atom. The molecule has 3 heterocycles. The minimum absolute atomic E-state index is 0.579. The molecule has 0 saturated carbocycles. The molecule has 3 fully saturated rings. The summed E-state index contributed by atoms with van der Waals surface area (Å²) in [5, 5.41) is 4.30. The van der Waals surface area contributed by atoms with Gasteiger partial charge in [0.05, 0.1) is 0 Å². The Kier molecular flexibility index (Phi) is 14.4. The van der Waals surface area contributed by atoms with Crippen LogP contribution < -0.4 is 36.3 Å². The summed E-state index contributed by atoms with van der Waals surface area (Å²) in [6.45, 7) is 19.1. The van der Waals surface area contributed by atoms with Gasteiger partial charge in [-0.05, 0) is 58.9 Å². The molecule has 0 radical (unpaired) electrons. The van der Waals surface area contributed by atoms with E-state index in [-0.39, 0.29) is 0 Å². The Morgan fingerprint density at radius 3 is 0.534 bits per heavy atom. The molecule has 3 aliphatic rings. The van der Waals surface area contributed by atoms with Gasteiger partial charge in [-0.1, -0.05) is 212 Å². The Balaban J connectivity index is 1.46. The van der Waals surface area contributed by atoms with Crippen molar-refractivity contribution in [3.8, 4) is 0 Å². The van der Waals surface area contributed by atoms with Crippen molar-refractivity contribution in [3.05, 3.63) is 212 Å². The molecule has 378 valence electrons. The molecule has 4 bridgehead atoms. The molecule has 22 heteroatoms. The zero-order valence-electron chi connectivity index (χ0n) is 42.6. The van der Waals surface area contributed by atoms with Gasteiger partial charge in [0.1, 0.15) is 0 Å². The molecule has 0 amide bonds. The zero-order valence-corrected chi connectivity index (χ0v) is 52.6. The number of benzene rings is 7. The molecule has 7 aromatic carbocycles. The Morgan fingerprint density at radius 1 is 0.219 bits per heavy atom. The van der Waals surface area contributed by atoms with Crippen molar-refractivity contribution in [1.29, 1.82) is 0 Å². The highest BCUT2D eigenvalue weighted by Gasteiger charge is 2.81. The predicted molar refractivity (Wildman–Crippen MR) is 306 cm³/mol. The van der Waals surface area contributed by atoms with Gasteiger partial charge in [0.2, 0.25) is 0 Å². The first-order chi connectivity index (χ1) is 34.7. The van der Waals surface area contributed by atoms with Crippen molar-refractivity contribution < 1.29 is 49.4 Å². The van der Waals surface area contributed by atoms with Crippen LogP contribution in [0.5, 0.6) is 0 Å². The summed E-state index contributed by atoms with van der Waals surface area (Å²) >= 11 is 0. The normalized spacial score (nSPS) is 29.8. The number of rotatable bonds is 13. The van der Waals surface area contributed by atoms with E-state index in [2.05, 4.69) is 58.9 Å². The smallest absolute Gasteiger partial charge is 0.413 e. The topological polar surface area (TPSA) is 111 Å². The summed E-state index contributed by atoms with van der Waals surface area (Å²) in [4.78, 5) is 0. The second kappa shape index (κ2) is 20.0. The van der Waals surface area contributed by atoms with Crippen LogP contribution in [0.4, 0.5) is 0 Å². The lowest BCUT2D eigenvalue weighted by atomic mass is 10.4. The van der Waals surface area contributed by atoms with Gasteiger partial charge in [0, 0.05) is 36.3 Å². The SMILES string of the molecule is C[Si](C)(C)O[Si]1(c2ccccc2)O[Si]2(c3ccccc3)O[Si](O[Si](C)(C)C)(c3ccccc3)O[Si]3(c4ccccc4)O[Si](O[Si](C)(C)C)(c4ccccc4)O[Si](c4ccccc4)(O1)O[Si](c1ccccc1)(O2)O3. The van der Waals surface area contributed by atoms with Crippen molar-refractivity contribution in [3.63, 3.8) is 0 Å². The quantitative estimate of drug-likeness (QED) is 0.115. The van der Waals surface area contributed by atoms with Crippen molar-refractivity contribution in [1.82, 2.24) is 0 Å². The van der Waals surface area contributed by atoms with Crippen LogP contribution in [0.1, 0.15) is 0 Å². The molecule has 10 rings (SSSR count). The van der Waals surface area contributed by atoms with E-state index in [1.54, 1.807) is 0 Å². The van der Waals surface area contributed by atoms with E-state index in [1.807, 2.05) is 212 Å². The highest BCUT2D eigenvalue weighted by Crippen LogP contribution is 2.44. The molecule has 0 unspecified atom stereocenters. The molecule has 0 spiro atoms. The summed E-state index contributed by atoms with van der Waals surface area (Å²) in [7, 11) is -41.6. The van der Waals surface area contributed by atoms with E-state index >= 15 is 0 Å². The molecular formula is C51H62O12Si10. The molecule has 12 nitrogen and oxygen atoms in total. The first kappa shape index (κ1) is 52.7. The average molecular weight is 1150 g/mol. The summed E-state index contributed by atoms with van der Waals surface area (Å²) in [6, 6.07) is 68.7. The van der Waals surface area contributed by atoms with E-state index in [0.717, 1.165) is 0 Å². The molecule has 73 heavy (non-hydrogen) atoms. The summed E-state index contributed by atoms with van der Waals surface area (Å²) in [5.41, 5.74) is 0. The maximum Gasteiger partial charge on any atom is 0.515 e. The van der Waals surface area contributed by atoms with Crippen molar-refractivity contribution in [2.24, 2.45) is 0 Å². The van der Waals surface area contributed by atoms with Crippen molar-refractivity contribution in [2.45, 2.75) is 58.9 Å². The van der Waals surface area contributed by atoms with Gasteiger partial charge in [0.25, 0.3) is 0 Å². The zero-order chi connectivity index (χ0) is 51.3. The third-order valence-electron chi connectivity index (χ3n) is 11.6. The minimum atomic E-state index is -4.83. The van der Waals surface area contributed by atoms with Gasteiger partial charge < -0.3 is 49.4 Å². The molecule has 0 aromatic heterocycles. The highest BCUT2D eigenvalue weighted by atomic mass is 28.6. The van der Waals surface area contributed by atoms with Gasteiger partial charge in [-0.2, -0.15) is 0 Å². The van der Waals surface area contributed by atoms with Crippen LogP contribution in [-0.4, -0.2) is 86.6 Å². The maximum absolute atomic E-state index is 8.33. The van der Waals surface area contributed by atoms with Crippen LogP contribution in [0, 0.1) is 0 Å². The molecule has 3 saturated heterocycles. The number of hydrogen-bond donors (Lipinski definition) is 0. The lowest BCUT2D eigenvalue weighted by molar-refractivity contribution is 0.0386. The number of fused-ring (bicyclic) bond motifs is 3. The summed E-state index contributed by atoms with van der Waals surface area (Å²) in [6.07, 6.45) is 0. The first-order valence-corrected chi connectivity index (χ1v) is 46.8. The molecule has 0 N–H and O–H groups in total. The Labute approximate surface area is 440 Å². The monoisotopic (exact) mass is 1150 g/mol. The van der Waals surface area contributed by atoms with Crippen LogP contribution in [0.2, 0.25) is 58.9 Å². The molecule has 7 aromatic rings. The summed E-state index contributed by atoms with van der Waals surface area (Å²) < 4.78 is 98.1. The molecule has 0 atom stereocenters. The van der Waals surface area contributed by atoms with Gasteiger partial charge >= 0.3 is 61.6 Å². The van der Waals surface area contributed by atoms with E-state index in [9.17, 15) is 0 Å². The van der Waals surface area contributed by atoms with E-state index in [4.69, 9.17) is 49.4 Å². The minimum Gasteiger partial charge on any atom is -0.413 e. The maximum atomic E-state index is 8.33. The Hall–Kier alpha value is -3.77. The second-order valence-electron chi connectivity index (χ2n) is 21.0. The van der Waals surface area contributed by atoms with E-state index in [1.165, 1.54) is 0 Å². The predicted octanol–water partition coefficient (Wildman–Crippen LogP) is 6.65. The largest absolute Gasteiger partial charge is 0.515 e. The van der Waals surface area contributed by atoms with Crippen molar-refractivity contribution in [2.75, 3.05) is 0 Å². The Bertz CT molecular complexity index is 2650. The summed E-state index contributed by atoms with van der Waals surface area (Å²) in [5.74, 6) is 0. The fourth-order valence-electron chi connectivity index (χ4n) is 8.97. The van der Waals surface area contributed by atoms with Gasteiger partial charge in [0.15, 0.2) is 25.0 Å². The van der Waals surface area contributed by atoms with Crippen LogP contribution in [0.25, 0.3) is 0 Å². The lowest BCUT2D eigenvalue weighted by Gasteiger charge is -2.59. The van der Waals surface area contributed by atoms with Crippen LogP contribution >= 0.6 is 0 Å². The van der Waals surface area contributed by atoms with Gasteiger partial charge in [-0.15, -0.1) is 0 Å². The lowest BCUT2D eigenvalue weighted by Crippen LogP contribution is -2.92. The van der Waals surface area contributed by atoms with Crippen LogP contribution in [0.15, 0.2) is 212 Å². The first-order valence-electron chi connectivity index (χ1n) is 24.5. The number of hydrogen-bond acceptors (Lipinski definition) is 12. The second-order valence-corrected chi connectivity index (χ2v) is 55.3. The molecular weight excluding hydrogens is 1090 g/mol. The van der Waals surface area contributed by atoms with Crippen LogP contribution in [-0.2, 0) is 49.4 Å². The average Bonchev–Trinajstić information content (AvgIpc) is 3.35. The van der Waals surface area contributed by atoms with E-state index in [0.29, 0.717) is 36.3 Å². The fourth-order valence-corrected chi connectivity index (χ4v) is 56.9. The fraction of sp³-hybridized carbons (Fsp3) is 0.176. The highest BCUT2D eigenvalue weighted by molar-refractivity contribution is 7.11. The standard InChI is InChI=1S/C51H62O12Si10/c1-64(2,3)52-67(45-31-17-10-18-32-45)55-70(48-37-23-13-24-38-48)57-68(53-65(4,5)6,46-33-19-11-20-34-46)59-72(50-41-27-15-28-42-50)60-69(54-66(7,8)9,47-35-21-12-22-36-47)58-71(56-67,49-39-25-14-26-40-49)62-73(61-70,63-72)51-43-29-16-30-44-51/h10-44H,1-9H3. The molecule has 0 aliphatic carbocycles. The van der Waals surface area contributed by atoms with Gasteiger partial charge in [-0.3, -0.25) is 0 Å². The molecule has 3 aliphatic heterocycles. The van der Waals surface area contributed by atoms with E-state index < -0.39 is 86.6 Å². The van der Waals surface area contributed by atoms with Crippen LogP contribution in [0.3, 0.4) is 0 Å². The van der Waals surface area contributed by atoms with Gasteiger partial charge in [-0.25, -0.2) is 0 Å². The third kappa shape index (κ3) is 10.8.